The molecule has 2 aromatic heterocycles. The van der Waals surface area contributed by atoms with Crippen LogP contribution in [0.25, 0.3) is 21.9 Å². The van der Waals surface area contributed by atoms with E-state index in [0.29, 0.717) is 0 Å². The molecule has 3 heteroatoms. The lowest BCUT2D eigenvalue weighted by atomic mass is 10.0. The minimum absolute atomic E-state index is 0.0425. The zero-order chi connectivity index (χ0) is 12.2. The molecule has 0 atom stereocenters. The van der Waals surface area contributed by atoms with E-state index in [1.807, 2.05) is 32.9 Å². The summed E-state index contributed by atoms with van der Waals surface area (Å²) in [5.74, 6) is 1.70. The Morgan fingerprint density at radius 2 is 1.53 bits per heavy atom. The first-order valence-corrected chi connectivity index (χ1v) is 5.64. The van der Waals surface area contributed by atoms with Crippen molar-refractivity contribution >= 4 is 21.9 Å². The molecule has 17 heavy (non-hydrogen) atoms. The largest absolute Gasteiger partial charge is 0.461 e. The number of aliphatic hydroxyl groups excluding tert-OH is 1. The van der Waals surface area contributed by atoms with Crippen LogP contribution in [0.2, 0.25) is 0 Å². The summed E-state index contributed by atoms with van der Waals surface area (Å²) in [6, 6.07) is 3.94. The third-order valence-corrected chi connectivity index (χ3v) is 3.21. The molecule has 0 saturated carbocycles. The Hall–Kier alpha value is -1.74. The molecule has 0 spiro atoms. The second-order valence-electron chi connectivity index (χ2n) is 4.46. The van der Waals surface area contributed by atoms with Gasteiger partial charge in [-0.25, -0.2) is 0 Å². The molecular weight excluding hydrogens is 216 g/mol. The van der Waals surface area contributed by atoms with Gasteiger partial charge in [0.15, 0.2) is 0 Å². The molecule has 1 N–H and O–H groups in total. The van der Waals surface area contributed by atoms with Crippen molar-refractivity contribution in [2.75, 3.05) is 0 Å². The van der Waals surface area contributed by atoms with Gasteiger partial charge in [0.25, 0.3) is 0 Å². The quantitative estimate of drug-likeness (QED) is 0.694. The number of hydrogen-bond acceptors (Lipinski definition) is 3. The molecule has 0 amide bonds. The van der Waals surface area contributed by atoms with E-state index < -0.39 is 0 Å². The maximum atomic E-state index is 9.54. The summed E-state index contributed by atoms with van der Waals surface area (Å²) in [7, 11) is 0. The molecule has 0 aliphatic carbocycles. The van der Waals surface area contributed by atoms with E-state index in [1.165, 1.54) is 0 Å². The van der Waals surface area contributed by atoms with E-state index in [2.05, 4.69) is 0 Å². The van der Waals surface area contributed by atoms with Crippen molar-refractivity contribution in [1.82, 2.24) is 0 Å². The Morgan fingerprint density at radius 3 is 2.18 bits per heavy atom. The summed E-state index contributed by atoms with van der Waals surface area (Å²) in [6.45, 7) is 5.80. The smallest absolute Gasteiger partial charge is 0.140 e. The summed E-state index contributed by atoms with van der Waals surface area (Å²) < 4.78 is 11.4. The highest BCUT2D eigenvalue weighted by atomic mass is 16.3. The summed E-state index contributed by atoms with van der Waals surface area (Å²) in [6.07, 6.45) is 0. The Morgan fingerprint density at radius 1 is 0.941 bits per heavy atom. The normalized spacial score (nSPS) is 11.8. The van der Waals surface area contributed by atoms with Gasteiger partial charge in [-0.05, 0) is 32.9 Å². The lowest BCUT2D eigenvalue weighted by molar-refractivity contribution is 0.283. The lowest BCUT2D eigenvalue weighted by Crippen LogP contribution is -1.87. The number of benzene rings is 1. The first-order valence-electron chi connectivity index (χ1n) is 5.64. The minimum Gasteiger partial charge on any atom is -0.461 e. The van der Waals surface area contributed by atoms with Crippen molar-refractivity contribution in [2.24, 2.45) is 0 Å². The van der Waals surface area contributed by atoms with Crippen molar-refractivity contribution in [3.05, 3.63) is 34.8 Å². The van der Waals surface area contributed by atoms with Gasteiger partial charge < -0.3 is 13.9 Å². The molecule has 3 rings (SSSR count). The Balaban J connectivity index is 2.60. The number of hydrogen-bond donors (Lipinski definition) is 1. The number of furan rings is 2. The van der Waals surface area contributed by atoms with Gasteiger partial charge in [-0.3, -0.25) is 0 Å². The average molecular weight is 230 g/mol. The fraction of sp³-hybridized carbons (Fsp3) is 0.286. The Bertz CT molecular complexity index is 658. The standard InChI is InChI=1S/C14H14O3/c1-7-4-10-9(3)13-11(5-8(2)16-13)12(6-15)14(10)17-7/h4-5,15H,6H2,1-3H3. The van der Waals surface area contributed by atoms with Gasteiger partial charge in [-0.1, -0.05) is 0 Å². The summed E-state index contributed by atoms with van der Waals surface area (Å²) >= 11 is 0. The zero-order valence-corrected chi connectivity index (χ0v) is 10.1. The van der Waals surface area contributed by atoms with Gasteiger partial charge >= 0.3 is 0 Å². The predicted molar refractivity (Wildman–Crippen MR) is 66.1 cm³/mol. The van der Waals surface area contributed by atoms with Crippen LogP contribution in [-0.4, -0.2) is 5.11 Å². The van der Waals surface area contributed by atoms with E-state index in [4.69, 9.17) is 8.83 Å². The van der Waals surface area contributed by atoms with Crippen molar-refractivity contribution in [2.45, 2.75) is 27.4 Å². The first kappa shape index (κ1) is 10.4. The number of aryl methyl sites for hydroxylation is 3. The van der Waals surface area contributed by atoms with Crippen LogP contribution in [0, 0.1) is 20.8 Å². The van der Waals surface area contributed by atoms with Crippen LogP contribution < -0.4 is 0 Å². The molecule has 3 nitrogen and oxygen atoms in total. The topological polar surface area (TPSA) is 46.5 Å². The molecule has 0 radical (unpaired) electrons. The van der Waals surface area contributed by atoms with Gasteiger partial charge in [0, 0.05) is 21.9 Å². The van der Waals surface area contributed by atoms with Crippen LogP contribution in [-0.2, 0) is 6.61 Å². The SMILES string of the molecule is Cc1cc2c(CO)c3oc(C)cc3c(C)c2o1. The molecule has 1 aromatic carbocycles. The maximum Gasteiger partial charge on any atom is 0.140 e. The summed E-state index contributed by atoms with van der Waals surface area (Å²) in [5, 5.41) is 11.5. The van der Waals surface area contributed by atoms with Gasteiger partial charge in [-0.2, -0.15) is 0 Å². The Labute approximate surface area is 98.6 Å². The van der Waals surface area contributed by atoms with E-state index in [-0.39, 0.29) is 6.61 Å². The molecule has 0 fully saturated rings. The molecular formula is C14H14O3. The fourth-order valence-corrected chi connectivity index (χ4v) is 2.44. The van der Waals surface area contributed by atoms with E-state index in [9.17, 15) is 5.11 Å². The molecule has 0 aliphatic rings. The molecule has 0 bridgehead atoms. The summed E-state index contributed by atoms with van der Waals surface area (Å²) in [4.78, 5) is 0. The molecule has 3 aromatic rings. The van der Waals surface area contributed by atoms with Crippen LogP contribution in [0.3, 0.4) is 0 Å². The predicted octanol–water partition coefficient (Wildman–Crippen LogP) is 3.60. The van der Waals surface area contributed by atoms with Gasteiger partial charge in [0.2, 0.25) is 0 Å². The van der Waals surface area contributed by atoms with E-state index in [0.717, 1.165) is 44.6 Å². The molecule has 0 unspecified atom stereocenters. The highest BCUT2D eigenvalue weighted by Gasteiger charge is 2.17. The van der Waals surface area contributed by atoms with Gasteiger partial charge in [0.05, 0.1) is 6.61 Å². The molecule has 88 valence electrons. The van der Waals surface area contributed by atoms with Crippen molar-refractivity contribution in [3.8, 4) is 0 Å². The van der Waals surface area contributed by atoms with Crippen LogP contribution in [0.1, 0.15) is 22.6 Å². The Kier molecular flexibility index (Phi) is 2.07. The third-order valence-electron chi connectivity index (χ3n) is 3.21. The van der Waals surface area contributed by atoms with E-state index >= 15 is 0 Å². The van der Waals surface area contributed by atoms with Crippen LogP contribution in [0.15, 0.2) is 21.0 Å². The number of fused-ring (bicyclic) bond motifs is 2. The van der Waals surface area contributed by atoms with Gasteiger partial charge in [0.1, 0.15) is 22.7 Å². The second kappa shape index (κ2) is 3.37. The maximum absolute atomic E-state index is 9.54. The molecule has 0 saturated heterocycles. The van der Waals surface area contributed by atoms with Crippen LogP contribution in [0.4, 0.5) is 0 Å². The van der Waals surface area contributed by atoms with Crippen molar-refractivity contribution in [1.29, 1.82) is 0 Å². The average Bonchev–Trinajstić information content (AvgIpc) is 2.83. The molecule has 2 heterocycles. The number of aliphatic hydroxyl groups is 1. The minimum atomic E-state index is -0.0425. The van der Waals surface area contributed by atoms with Crippen molar-refractivity contribution in [3.63, 3.8) is 0 Å². The van der Waals surface area contributed by atoms with Gasteiger partial charge in [-0.15, -0.1) is 0 Å². The summed E-state index contributed by atoms with van der Waals surface area (Å²) in [5.41, 5.74) is 3.50. The fourth-order valence-electron chi connectivity index (χ4n) is 2.44. The van der Waals surface area contributed by atoms with Crippen LogP contribution >= 0.6 is 0 Å². The van der Waals surface area contributed by atoms with Crippen molar-refractivity contribution < 1.29 is 13.9 Å². The first-order chi connectivity index (χ1) is 8.11. The monoisotopic (exact) mass is 230 g/mol. The highest BCUT2D eigenvalue weighted by molar-refractivity contribution is 6.01. The highest BCUT2D eigenvalue weighted by Crippen LogP contribution is 2.35. The third kappa shape index (κ3) is 1.32. The lowest BCUT2D eigenvalue weighted by Gasteiger charge is -2.03. The van der Waals surface area contributed by atoms with E-state index in [1.54, 1.807) is 0 Å². The zero-order valence-electron chi connectivity index (χ0n) is 10.1. The van der Waals surface area contributed by atoms with Crippen LogP contribution in [0.5, 0.6) is 0 Å². The number of rotatable bonds is 1. The molecule has 0 aliphatic heterocycles. The second-order valence-corrected chi connectivity index (χ2v) is 4.46.